The molecule has 19 heavy (non-hydrogen) atoms. The van der Waals surface area contributed by atoms with Gasteiger partial charge in [0.25, 0.3) is 10.2 Å². The van der Waals surface area contributed by atoms with Gasteiger partial charge in [-0.2, -0.15) is 17.0 Å². The first kappa shape index (κ1) is 13.8. The van der Waals surface area contributed by atoms with E-state index in [-0.39, 0.29) is 12.1 Å². The van der Waals surface area contributed by atoms with Crippen molar-refractivity contribution in [1.82, 2.24) is 13.9 Å². The Bertz CT molecular complexity index is 439. The number of nitrogens with zero attached hydrogens (tertiary/aromatic N) is 2. The third kappa shape index (κ3) is 2.33. The van der Waals surface area contributed by atoms with Crippen LogP contribution in [0.25, 0.3) is 0 Å². The van der Waals surface area contributed by atoms with Gasteiger partial charge in [-0.3, -0.25) is 0 Å². The number of rotatable bonds is 2. The molecule has 6 heteroatoms. The smallest absolute Gasteiger partial charge is 0.282 e. The average Bonchev–Trinajstić information content (AvgIpc) is 2.88. The molecule has 3 aliphatic heterocycles. The highest BCUT2D eigenvalue weighted by atomic mass is 32.2. The summed E-state index contributed by atoms with van der Waals surface area (Å²) in [5, 5.41) is 3.33. The van der Waals surface area contributed by atoms with Crippen LogP contribution in [-0.2, 0) is 10.2 Å². The minimum absolute atomic E-state index is 0.152. The monoisotopic (exact) mass is 287 g/mol. The van der Waals surface area contributed by atoms with Crippen LogP contribution in [-0.4, -0.2) is 55.3 Å². The maximum absolute atomic E-state index is 12.9. The van der Waals surface area contributed by atoms with Crippen LogP contribution in [0, 0.1) is 11.8 Å². The molecule has 0 aromatic carbocycles. The molecule has 3 fully saturated rings. The van der Waals surface area contributed by atoms with Crippen LogP contribution < -0.4 is 5.32 Å². The Hall–Kier alpha value is -0.170. The van der Waals surface area contributed by atoms with Crippen LogP contribution in [0.15, 0.2) is 0 Å². The second kappa shape index (κ2) is 4.98. The summed E-state index contributed by atoms with van der Waals surface area (Å²) in [6.07, 6.45) is 3.14. The summed E-state index contributed by atoms with van der Waals surface area (Å²) < 4.78 is 29.3. The van der Waals surface area contributed by atoms with Gasteiger partial charge < -0.3 is 5.32 Å². The van der Waals surface area contributed by atoms with E-state index in [1.807, 2.05) is 0 Å². The van der Waals surface area contributed by atoms with Crippen molar-refractivity contribution in [3.8, 4) is 0 Å². The van der Waals surface area contributed by atoms with Crippen molar-refractivity contribution in [3.63, 3.8) is 0 Å². The maximum Gasteiger partial charge on any atom is 0.282 e. The summed E-state index contributed by atoms with van der Waals surface area (Å²) in [7, 11) is -3.27. The molecule has 4 atom stereocenters. The zero-order chi connectivity index (χ0) is 13.6. The summed E-state index contributed by atoms with van der Waals surface area (Å²) in [6, 6.07) is 0.330. The zero-order valence-corrected chi connectivity index (χ0v) is 12.7. The fourth-order valence-electron chi connectivity index (χ4n) is 4.01. The number of fused-ring (bicyclic) bond motifs is 1. The normalized spacial score (nSPS) is 41.6. The summed E-state index contributed by atoms with van der Waals surface area (Å²) >= 11 is 0. The second-order valence-corrected chi connectivity index (χ2v) is 8.35. The Morgan fingerprint density at radius 2 is 2.00 bits per heavy atom. The standard InChI is InChI=1S/C13H25N3O2S/c1-10-4-3-5-15(9-10)19(17,18)16-11(2)6-12-7-14-8-13(12)16/h10-14H,3-9H2,1-2H3. The minimum atomic E-state index is -3.27. The second-order valence-electron chi connectivity index (χ2n) is 6.51. The van der Waals surface area contributed by atoms with Crippen molar-refractivity contribution in [3.05, 3.63) is 0 Å². The van der Waals surface area contributed by atoms with Crippen molar-refractivity contribution < 1.29 is 8.42 Å². The van der Waals surface area contributed by atoms with Gasteiger partial charge in [-0.15, -0.1) is 0 Å². The molecular weight excluding hydrogens is 262 g/mol. The molecule has 0 saturated carbocycles. The predicted molar refractivity (Wildman–Crippen MR) is 75.0 cm³/mol. The Kier molecular flexibility index (Phi) is 3.62. The van der Waals surface area contributed by atoms with Crippen LogP contribution in [0.4, 0.5) is 0 Å². The average molecular weight is 287 g/mol. The lowest BCUT2D eigenvalue weighted by atomic mass is 10.0. The Morgan fingerprint density at radius 1 is 1.21 bits per heavy atom. The first-order valence-electron chi connectivity index (χ1n) is 7.49. The third-order valence-electron chi connectivity index (χ3n) is 4.92. The molecule has 0 radical (unpaired) electrons. The van der Waals surface area contributed by atoms with Gasteiger partial charge in [0, 0.05) is 31.7 Å². The first-order chi connectivity index (χ1) is 9.00. The summed E-state index contributed by atoms with van der Waals surface area (Å²) in [6.45, 7) is 7.38. The third-order valence-corrected chi connectivity index (χ3v) is 7.07. The van der Waals surface area contributed by atoms with Gasteiger partial charge in [-0.25, -0.2) is 0 Å². The van der Waals surface area contributed by atoms with Crippen molar-refractivity contribution in [2.75, 3.05) is 26.2 Å². The molecule has 4 unspecified atom stereocenters. The molecule has 0 aromatic rings. The summed E-state index contributed by atoms with van der Waals surface area (Å²) in [4.78, 5) is 0. The lowest BCUT2D eigenvalue weighted by molar-refractivity contribution is 0.241. The molecule has 0 amide bonds. The molecule has 3 rings (SSSR count). The number of hydrogen-bond donors (Lipinski definition) is 1. The highest BCUT2D eigenvalue weighted by Crippen LogP contribution is 2.36. The molecule has 0 bridgehead atoms. The van der Waals surface area contributed by atoms with Crippen LogP contribution in [0.2, 0.25) is 0 Å². The van der Waals surface area contributed by atoms with Crippen molar-refractivity contribution in [2.24, 2.45) is 11.8 Å². The largest absolute Gasteiger partial charge is 0.315 e. The Balaban J connectivity index is 1.83. The molecule has 110 valence electrons. The van der Waals surface area contributed by atoms with Crippen molar-refractivity contribution >= 4 is 10.2 Å². The molecule has 0 spiro atoms. The SMILES string of the molecule is CC1CCCN(S(=O)(=O)N2C(C)CC3CNCC32)C1. The van der Waals surface area contributed by atoms with Gasteiger partial charge in [0.15, 0.2) is 0 Å². The van der Waals surface area contributed by atoms with E-state index in [2.05, 4.69) is 19.2 Å². The zero-order valence-electron chi connectivity index (χ0n) is 11.9. The van der Waals surface area contributed by atoms with E-state index in [1.54, 1.807) is 8.61 Å². The van der Waals surface area contributed by atoms with E-state index in [9.17, 15) is 8.42 Å². The van der Waals surface area contributed by atoms with Gasteiger partial charge in [0.1, 0.15) is 0 Å². The molecular formula is C13H25N3O2S. The Labute approximate surface area is 116 Å². The van der Waals surface area contributed by atoms with E-state index in [1.165, 1.54) is 0 Å². The van der Waals surface area contributed by atoms with Gasteiger partial charge in [0.05, 0.1) is 0 Å². The van der Waals surface area contributed by atoms with Crippen LogP contribution in [0.3, 0.4) is 0 Å². The topological polar surface area (TPSA) is 52.7 Å². The van der Waals surface area contributed by atoms with Crippen LogP contribution in [0.1, 0.15) is 33.1 Å². The van der Waals surface area contributed by atoms with Gasteiger partial charge >= 0.3 is 0 Å². The van der Waals surface area contributed by atoms with Crippen molar-refractivity contribution in [2.45, 2.75) is 45.2 Å². The number of hydrogen-bond acceptors (Lipinski definition) is 3. The fourth-order valence-corrected chi connectivity index (χ4v) is 6.21. The molecule has 5 nitrogen and oxygen atoms in total. The molecule has 1 N–H and O–H groups in total. The predicted octanol–water partition coefficient (Wildman–Crippen LogP) is 0.645. The minimum Gasteiger partial charge on any atom is -0.315 e. The quantitative estimate of drug-likeness (QED) is 0.811. The molecule has 3 aliphatic rings. The van der Waals surface area contributed by atoms with Gasteiger partial charge in [0.2, 0.25) is 0 Å². The molecule has 3 saturated heterocycles. The van der Waals surface area contributed by atoms with E-state index in [0.717, 1.165) is 32.4 Å². The lowest BCUT2D eigenvalue weighted by Gasteiger charge is -2.36. The molecule has 3 heterocycles. The lowest BCUT2D eigenvalue weighted by Crippen LogP contribution is -2.52. The first-order valence-corrected chi connectivity index (χ1v) is 8.89. The maximum atomic E-state index is 12.9. The van der Waals surface area contributed by atoms with E-state index in [0.29, 0.717) is 24.9 Å². The van der Waals surface area contributed by atoms with Gasteiger partial charge in [-0.1, -0.05) is 6.92 Å². The summed E-state index contributed by atoms with van der Waals surface area (Å²) in [5.41, 5.74) is 0. The summed E-state index contributed by atoms with van der Waals surface area (Å²) in [5.74, 6) is 0.992. The Morgan fingerprint density at radius 3 is 2.74 bits per heavy atom. The van der Waals surface area contributed by atoms with Gasteiger partial charge in [-0.05, 0) is 44.6 Å². The fraction of sp³-hybridized carbons (Fsp3) is 1.00. The molecule has 0 aliphatic carbocycles. The van der Waals surface area contributed by atoms with Crippen LogP contribution >= 0.6 is 0 Å². The van der Waals surface area contributed by atoms with Crippen molar-refractivity contribution in [1.29, 1.82) is 0 Å². The van der Waals surface area contributed by atoms with Crippen LogP contribution in [0.5, 0.6) is 0 Å². The van der Waals surface area contributed by atoms with E-state index in [4.69, 9.17) is 0 Å². The number of nitrogens with one attached hydrogen (secondary N) is 1. The molecule has 0 aromatic heterocycles. The van der Waals surface area contributed by atoms with E-state index < -0.39 is 10.2 Å². The highest BCUT2D eigenvalue weighted by molar-refractivity contribution is 7.86. The number of piperidine rings is 1. The van der Waals surface area contributed by atoms with E-state index >= 15 is 0 Å². The highest BCUT2D eigenvalue weighted by Gasteiger charge is 2.49.